The number of pyridine rings is 1. The first-order valence-corrected chi connectivity index (χ1v) is 7.60. The first kappa shape index (κ1) is 14.2. The standard InChI is InChI=1S/C14H17N3O3S/c1-8-6-9(7-18)10-11(15)12(21-13(10)16-8)14(19)17-2-4-20-5-3-17/h6,18H,2-5,7,15H2,1H3. The average Bonchev–Trinajstić information content (AvgIpc) is 2.83. The van der Waals surface area contributed by atoms with E-state index in [0.29, 0.717) is 52.6 Å². The molecule has 1 fully saturated rings. The Hall–Kier alpha value is -1.70. The predicted octanol–water partition coefficient (Wildman–Crippen LogP) is 1.15. The van der Waals surface area contributed by atoms with Crippen molar-refractivity contribution in [3.63, 3.8) is 0 Å². The molecule has 0 spiro atoms. The molecule has 1 saturated heterocycles. The number of aliphatic hydroxyl groups excluding tert-OH is 1. The van der Waals surface area contributed by atoms with E-state index >= 15 is 0 Å². The molecule has 6 nitrogen and oxygen atoms in total. The number of hydrogen-bond donors (Lipinski definition) is 2. The van der Waals surface area contributed by atoms with Gasteiger partial charge < -0.3 is 20.5 Å². The van der Waals surface area contributed by atoms with Gasteiger partial charge in [0, 0.05) is 24.2 Å². The SMILES string of the molecule is Cc1cc(CO)c2c(N)c(C(=O)N3CCOCC3)sc2n1. The highest BCUT2D eigenvalue weighted by molar-refractivity contribution is 7.21. The fourth-order valence-electron chi connectivity index (χ4n) is 2.53. The minimum Gasteiger partial charge on any atom is -0.397 e. The average molecular weight is 307 g/mol. The number of amides is 1. The van der Waals surface area contributed by atoms with Crippen molar-refractivity contribution >= 4 is 33.1 Å². The molecule has 3 heterocycles. The normalized spacial score (nSPS) is 15.6. The van der Waals surface area contributed by atoms with Crippen LogP contribution in [0, 0.1) is 6.92 Å². The van der Waals surface area contributed by atoms with Crippen molar-refractivity contribution < 1.29 is 14.6 Å². The molecule has 2 aromatic heterocycles. The van der Waals surface area contributed by atoms with E-state index in [-0.39, 0.29) is 12.5 Å². The van der Waals surface area contributed by atoms with E-state index < -0.39 is 0 Å². The lowest BCUT2D eigenvalue weighted by molar-refractivity contribution is 0.0307. The Balaban J connectivity index is 2.07. The van der Waals surface area contributed by atoms with Gasteiger partial charge in [-0.05, 0) is 18.6 Å². The third-order valence-electron chi connectivity index (χ3n) is 3.57. The Labute approximate surface area is 126 Å². The highest BCUT2D eigenvalue weighted by Gasteiger charge is 2.25. The van der Waals surface area contributed by atoms with Crippen molar-refractivity contribution in [2.75, 3.05) is 32.0 Å². The van der Waals surface area contributed by atoms with Gasteiger partial charge in [-0.3, -0.25) is 4.79 Å². The second-order valence-corrected chi connectivity index (χ2v) is 6.01. The molecule has 0 bridgehead atoms. The van der Waals surface area contributed by atoms with E-state index in [0.717, 1.165) is 5.69 Å². The number of ether oxygens (including phenoxy) is 1. The summed E-state index contributed by atoms with van der Waals surface area (Å²) in [6, 6.07) is 1.80. The summed E-state index contributed by atoms with van der Waals surface area (Å²) in [6.07, 6.45) is 0. The first-order valence-electron chi connectivity index (χ1n) is 6.78. The molecule has 0 saturated carbocycles. The van der Waals surface area contributed by atoms with Crippen LogP contribution in [0.5, 0.6) is 0 Å². The van der Waals surface area contributed by atoms with Crippen LogP contribution in [0.2, 0.25) is 0 Å². The van der Waals surface area contributed by atoms with Gasteiger partial charge >= 0.3 is 0 Å². The maximum Gasteiger partial charge on any atom is 0.266 e. The van der Waals surface area contributed by atoms with E-state index in [1.54, 1.807) is 11.0 Å². The van der Waals surface area contributed by atoms with Gasteiger partial charge in [0.1, 0.15) is 9.71 Å². The number of thiophene rings is 1. The van der Waals surface area contributed by atoms with E-state index in [1.165, 1.54) is 11.3 Å². The van der Waals surface area contributed by atoms with Crippen LogP contribution in [0.3, 0.4) is 0 Å². The number of nitrogens with zero attached hydrogens (tertiary/aromatic N) is 2. The van der Waals surface area contributed by atoms with Crippen molar-refractivity contribution in [3.05, 3.63) is 22.2 Å². The highest BCUT2D eigenvalue weighted by Crippen LogP contribution is 2.36. The molecule has 112 valence electrons. The lowest BCUT2D eigenvalue weighted by Crippen LogP contribution is -2.40. The molecule has 0 unspecified atom stereocenters. The predicted molar refractivity (Wildman–Crippen MR) is 81.4 cm³/mol. The topological polar surface area (TPSA) is 88.7 Å². The van der Waals surface area contributed by atoms with Crippen molar-refractivity contribution in [3.8, 4) is 0 Å². The number of nitrogens with two attached hydrogens (primary N) is 1. The molecule has 0 atom stereocenters. The number of hydrogen-bond acceptors (Lipinski definition) is 6. The third-order valence-corrected chi connectivity index (χ3v) is 4.66. The molecule has 1 aliphatic rings. The van der Waals surface area contributed by atoms with Crippen LogP contribution in [0.15, 0.2) is 6.07 Å². The minimum absolute atomic E-state index is 0.0830. The Bertz CT molecular complexity index is 692. The van der Waals surface area contributed by atoms with Crippen LogP contribution in [0.4, 0.5) is 5.69 Å². The van der Waals surface area contributed by atoms with Crippen LogP contribution in [-0.2, 0) is 11.3 Å². The Morgan fingerprint density at radius 3 is 2.90 bits per heavy atom. The number of carbonyl (C=O) groups is 1. The number of rotatable bonds is 2. The zero-order valence-electron chi connectivity index (χ0n) is 11.8. The summed E-state index contributed by atoms with van der Waals surface area (Å²) in [7, 11) is 0. The van der Waals surface area contributed by atoms with Crippen LogP contribution in [-0.4, -0.2) is 47.2 Å². The van der Waals surface area contributed by atoms with Crippen molar-refractivity contribution in [1.29, 1.82) is 0 Å². The lowest BCUT2D eigenvalue weighted by atomic mass is 10.1. The van der Waals surface area contributed by atoms with Crippen molar-refractivity contribution in [2.24, 2.45) is 0 Å². The van der Waals surface area contributed by atoms with Gasteiger partial charge in [0.05, 0.1) is 25.5 Å². The number of aryl methyl sites for hydroxylation is 1. The van der Waals surface area contributed by atoms with E-state index in [4.69, 9.17) is 10.5 Å². The van der Waals surface area contributed by atoms with E-state index in [1.807, 2.05) is 6.92 Å². The fourth-order valence-corrected chi connectivity index (χ4v) is 3.69. The zero-order valence-corrected chi connectivity index (χ0v) is 12.6. The second kappa shape index (κ2) is 5.59. The monoisotopic (exact) mass is 307 g/mol. The van der Waals surface area contributed by atoms with Gasteiger partial charge in [-0.2, -0.15) is 0 Å². The quantitative estimate of drug-likeness (QED) is 0.869. The number of fused-ring (bicyclic) bond motifs is 1. The summed E-state index contributed by atoms with van der Waals surface area (Å²) in [5, 5.41) is 10.2. The molecule has 0 aromatic carbocycles. The zero-order chi connectivity index (χ0) is 15.0. The molecule has 1 aliphatic heterocycles. The smallest absolute Gasteiger partial charge is 0.266 e. The van der Waals surface area contributed by atoms with Crippen LogP contribution in [0.1, 0.15) is 20.9 Å². The van der Waals surface area contributed by atoms with Gasteiger partial charge in [-0.25, -0.2) is 4.98 Å². The van der Waals surface area contributed by atoms with Crippen LogP contribution >= 0.6 is 11.3 Å². The fraction of sp³-hybridized carbons (Fsp3) is 0.429. The Morgan fingerprint density at radius 2 is 2.24 bits per heavy atom. The molecular formula is C14H17N3O3S. The summed E-state index contributed by atoms with van der Waals surface area (Å²) in [4.78, 5) is 20.0. The van der Waals surface area contributed by atoms with Crippen LogP contribution in [0.25, 0.3) is 10.2 Å². The molecule has 21 heavy (non-hydrogen) atoms. The van der Waals surface area contributed by atoms with Gasteiger partial charge in [-0.1, -0.05) is 0 Å². The largest absolute Gasteiger partial charge is 0.397 e. The van der Waals surface area contributed by atoms with Gasteiger partial charge in [0.25, 0.3) is 5.91 Å². The molecule has 2 aromatic rings. The molecule has 0 aliphatic carbocycles. The molecular weight excluding hydrogens is 290 g/mol. The number of morpholine rings is 1. The molecule has 3 N–H and O–H groups in total. The maximum atomic E-state index is 12.6. The maximum absolute atomic E-state index is 12.6. The van der Waals surface area contributed by atoms with E-state index in [9.17, 15) is 9.90 Å². The summed E-state index contributed by atoms with van der Waals surface area (Å²) in [6.45, 7) is 3.99. The lowest BCUT2D eigenvalue weighted by Gasteiger charge is -2.26. The van der Waals surface area contributed by atoms with Crippen molar-refractivity contribution in [1.82, 2.24) is 9.88 Å². The Morgan fingerprint density at radius 1 is 1.52 bits per heavy atom. The molecule has 3 rings (SSSR count). The number of aliphatic hydroxyl groups is 1. The van der Waals surface area contributed by atoms with E-state index in [2.05, 4.69) is 4.98 Å². The summed E-state index contributed by atoms with van der Waals surface area (Å²) < 4.78 is 5.26. The van der Waals surface area contributed by atoms with Crippen LogP contribution < -0.4 is 5.73 Å². The van der Waals surface area contributed by atoms with Gasteiger partial charge in [0.15, 0.2) is 0 Å². The minimum atomic E-state index is -0.119. The van der Waals surface area contributed by atoms with Gasteiger partial charge in [0.2, 0.25) is 0 Å². The molecule has 1 amide bonds. The number of anilines is 1. The number of aromatic nitrogens is 1. The Kier molecular flexibility index (Phi) is 3.79. The third kappa shape index (κ3) is 2.48. The first-order chi connectivity index (χ1) is 10.1. The van der Waals surface area contributed by atoms with Gasteiger partial charge in [-0.15, -0.1) is 11.3 Å². The molecule has 7 heteroatoms. The summed E-state index contributed by atoms with van der Waals surface area (Å²) >= 11 is 1.29. The number of nitrogen functional groups attached to an aromatic ring is 1. The number of carbonyl (C=O) groups excluding carboxylic acids is 1. The molecule has 0 radical (unpaired) electrons. The summed E-state index contributed by atoms with van der Waals surface area (Å²) in [5.74, 6) is -0.0830. The highest BCUT2D eigenvalue weighted by atomic mass is 32.1. The second-order valence-electron chi connectivity index (χ2n) is 5.01. The van der Waals surface area contributed by atoms with Crippen molar-refractivity contribution in [2.45, 2.75) is 13.5 Å². The summed E-state index contributed by atoms with van der Waals surface area (Å²) in [5.41, 5.74) is 8.09.